The van der Waals surface area contributed by atoms with Gasteiger partial charge in [0.25, 0.3) is 10.1 Å². The van der Waals surface area contributed by atoms with Crippen molar-refractivity contribution < 1.29 is 12.6 Å². The maximum atomic E-state index is 12.0. The lowest BCUT2D eigenvalue weighted by Crippen LogP contribution is -2.35. The average molecular weight is 308 g/mol. The van der Waals surface area contributed by atoms with Crippen molar-refractivity contribution in [2.24, 2.45) is 5.73 Å². The molecule has 0 bridgehead atoms. The fourth-order valence-corrected chi connectivity index (χ4v) is 3.06. The number of unbranched alkanes of at least 4 members (excludes halogenated alkanes) is 7. The Bertz CT molecular complexity index is 326. The van der Waals surface area contributed by atoms with Crippen LogP contribution in [0.15, 0.2) is 0 Å². The summed E-state index contributed by atoms with van der Waals surface area (Å²) in [7, 11) is -3.51. The Labute approximate surface area is 125 Å². The summed E-state index contributed by atoms with van der Waals surface area (Å²) in [6.45, 7) is 6.20. The topological polar surface area (TPSA) is 69.4 Å². The molecule has 0 atom stereocenters. The maximum Gasteiger partial charge on any atom is 0.272 e. The summed E-state index contributed by atoms with van der Waals surface area (Å²) in [5.41, 5.74) is 5.44. The lowest BCUT2D eigenvalue weighted by Gasteiger charge is -2.23. The second kappa shape index (κ2) is 10.6. The van der Waals surface area contributed by atoms with Crippen molar-refractivity contribution in [1.29, 1.82) is 0 Å². The predicted octanol–water partition coefficient (Wildman–Crippen LogP) is 3.60. The van der Waals surface area contributed by atoms with Crippen LogP contribution in [0.4, 0.5) is 0 Å². The summed E-state index contributed by atoms with van der Waals surface area (Å²) < 4.78 is 28.2. The van der Waals surface area contributed by atoms with Crippen LogP contribution in [0.1, 0.15) is 78.6 Å². The fraction of sp³-hybridized carbons (Fsp3) is 1.00. The smallest absolute Gasteiger partial charge is 0.272 e. The first-order valence-electron chi connectivity index (χ1n) is 7.96. The van der Waals surface area contributed by atoms with E-state index >= 15 is 0 Å². The zero-order chi connectivity index (χ0) is 15.5. The van der Waals surface area contributed by atoms with Gasteiger partial charge in [0.05, 0.1) is 11.4 Å². The highest BCUT2D eigenvalue weighted by atomic mass is 32.2. The molecule has 5 heteroatoms. The average Bonchev–Trinajstić information content (AvgIpc) is 2.36. The molecule has 0 rings (SSSR count). The summed E-state index contributed by atoms with van der Waals surface area (Å²) in [6, 6.07) is 0. The fourth-order valence-electron chi connectivity index (χ4n) is 2.04. The highest BCUT2D eigenvalue weighted by Gasteiger charge is 2.34. The normalized spacial score (nSPS) is 12.8. The molecule has 0 fully saturated rings. The van der Waals surface area contributed by atoms with Gasteiger partial charge >= 0.3 is 0 Å². The van der Waals surface area contributed by atoms with Gasteiger partial charge in [-0.2, -0.15) is 8.42 Å². The zero-order valence-corrected chi connectivity index (χ0v) is 14.3. The zero-order valence-electron chi connectivity index (χ0n) is 13.5. The minimum atomic E-state index is -3.51. The molecule has 0 spiro atoms. The van der Waals surface area contributed by atoms with E-state index in [-0.39, 0.29) is 0 Å². The first-order chi connectivity index (χ1) is 9.37. The number of rotatable bonds is 13. The summed E-state index contributed by atoms with van der Waals surface area (Å²) >= 11 is 0. The molecule has 4 nitrogen and oxygen atoms in total. The molecule has 20 heavy (non-hydrogen) atoms. The van der Waals surface area contributed by atoms with E-state index in [0.29, 0.717) is 19.6 Å². The van der Waals surface area contributed by atoms with E-state index in [9.17, 15) is 8.42 Å². The molecule has 0 unspecified atom stereocenters. The lowest BCUT2D eigenvalue weighted by molar-refractivity contribution is 0.289. The quantitative estimate of drug-likeness (QED) is 0.417. The van der Waals surface area contributed by atoms with E-state index in [1.807, 2.05) is 0 Å². The molecule has 0 aromatic heterocycles. The summed E-state index contributed by atoms with van der Waals surface area (Å²) in [4.78, 5) is 0. The van der Waals surface area contributed by atoms with Crippen LogP contribution in [-0.2, 0) is 14.3 Å². The molecule has 122 valence electrons. The van der Waals surface area contributed by atoms with E-state index < -0.39 is 14.9 Å². The molecule has 0 amide bonds. The Morgan fingerprint density at radius 1 is 0.950 bits per heavy atom. The molecule has 0 aliphatic rings. The predicted molar refractivity (Wildman–Crippen MR) is 85.2 cm³/mol. The SMILES string of the molecule is CCCCCCCCCCOS(=O)(=O)C(C)(C)CCN. The van der Waals surface area contributed by atoms with E-state index in [1.165, 1.54) is 38.5 Å². The van der Waals surface area contributed by atoms with Gasteiger partial charge in [0.2, 0.25) is 0 Å². The molecule has 2 N–H and O–H groups in total. The van der Waals surface area contributed by atoms with E-state index in [1.54, 1.807) is 13.8 Å². The molecular formula is C15H33NO3S. The van der Waals surface area contributed by atoms with Gasteiger partial charge in [0, 0.05) is 0 Å². The van der Waals surface area contributed by atoms with E-state index in [4.69, 9.17) is 9.92 Å². The van der Waals surface area contributed by atoms with Gasteiger partial charge in [-0.15, -0.1) is 0 Å². The molecule has 0 aromatic rings. The minimum absolute atomic E-state index is 0.297. The van der Waals surface area contributed by atoms with Crippen LogP contribution in [0, 0.1) is 0 Å². The van der Waals surface area contributed by atoms with Crippen molar-refractivity contribution in [3.05, 3.63) is 0 Å². The molecule has 0 aliphatic carbocycles. The monoisotopic (exact) mass is 307 g/mol. The molecule has 0 heterocycles. The number of hydrogen-bond acceptors (Lipinski definition) is 4. The summed E-state index contributed by atoms with van der Waals surface area (Å²) in [5, 5.41) is 0. The van der Waals surface area contributed by atoms with E-state index in [0.717, 1.165) is 12.8 Å². The molecule has 0 aliphatic heterocycles. The molecule has 0 radical (unpaired) electrons. The second-order valence-corrected chi connectivity index (χ2v) is 8.30. The van der Waals surface area contributed by atoms with Crippen molar-refractivity contribution in [3.63, 3.8) is 0 Å². The van der Waals surface area contributed by atoms with Gasteiger partial charge < -0.3 is 5.73 Å². The van der Waals surface area contributed by atoms with Crippen molar-refractivity contribution in [2.75, 3.05) is 13.2 Å². The van der Waals surface area contributed by atoms with Gasteiger partial charge in [0.15, 0.2) is 0 Å². The van der Waals surface area contributed by atoms with Crippen molar-refractivity contribution >= 4 is 10.1 Å². The molecule has 0 aromatic carbocycles. The van der Waals surface area contributed by atoms with Crippen LogP contribution >= 0.6 is 0 Å². The van der Waals surface area contributed by atoms with Crippen molar-refractivity contribution in [1.82, 2.24) is 0 Å². The molecule has 0 saturated heterocycles. The highest BCUT2D eigenvalue weighted by Crippen LogP contribution is 2.22. The summed E-state index contributed by atoms with van der Waals surface area (Å²) in [6.07, 6.45) is 9.87. The van der Waals surface area contributed by atoms with Gasteiger partial charge in [-0.25, -0.2) is 0 Å². The largest absolute Gasteiger partial charge is 0.330 e. The van der Waals surface area contributed by atoms with E-state index in [2.05, 4.69) is 6.92 Å². The van der Waals surface area contributed by atoms with Crippen LogP contribution in [0.5, 0.6) is 0 Å². The second-order valence-electron chi connectivity index (χ2n) is 6.05. The van der Waals surface area contributed by atoms with Crippen LogP contribution < -0.4 is 5.73 Å². The third-order valence-electron chi connectivity index (χ3n) is 3.66. The first-order valence-corrected chi connectivity index (χ1v) is 9.37. The minimum Gasteiger partial charge on any atom is -0.330 e. The lowest BCUT2D eigenvalue weighted by atomic mass is 10.1. The van der Waals surface area contributed by atoms with Crippen molar-refractivity contribution in [3.8, 4) is 0 Å². The van der Waals surface area contributed by atoms with Crippen LogP contribution in [0.25, 0.3) is 0 Å². The first kappa shape index (κ1) is 19.9. The van der Waals surface area contributed by atoms with Gasteiger partial charge in [-0.1, -0.05) is 51.9 Å². The van der Waals surface area contributed by atoms with Gasteiger partial charge in [-0.3, -0.25) is 4.18 Å². The molecule has 0 saturated carbocycles. The number of nitrogens with two attached hydrogens (primary N) is 1. The Morgan fingerprint density at radius 3 is 1.95 bits per heavy atom. The van der Waals surface area contributed by atoms with Crippen LogP contribution in [-0.4, -0.2) is 26.3 Å². The Balaban J connectivity index is 3.69. The van der Waals surface area contributed by atoms with Crippen molar-refractivity contribution in [2.45, 2.75) is 83.3 Å². The standard InChI is InChI=1S/C15H33NO3S/c1-4-5-6-7-8-9-10-11-14-19-20(17,18)15(2,3)12-13-16/h4-14,16H2,1-3H3. The van der Waals surface area contributed by atoms with Gasteiger partial charge in [-0.05, 0) is 33.2 Å². The van der Waals surface area contributed by atoms with Gasteiger partial charge in [0.1, 0.15) is 0 Å². The Morgan fingerprint density at radius 2 is 1.45 bits per heavy atom. The summed E-state index contributed by atoms with van der Waals surface area (Å²) in [5.74, 6) is 0. The maximum absolute atomic E-state index is 12.0. The van der Waals surface area contributed by atoms with Crippen LogP contribution in [0.2, 0.25) is 0 Å². The number of hydrogen-bond donors (Lipinski definition) is 1. The highest BCUT2D eigenvalue weighted by molar-refractivity contribution is 7.88. The third kappa shape index (κ3) is 8.22. The Kier molecular flexibility index (Phi) is 10.5. The Hall–Kier alpha value is -0.130. The molecular weight excluding hydrogens is 274 g/mol. The van der Waals surface area contributed by atoms with Crippen LogP contribution in [0.3, 0.4) is 0 Å². The third-order valence-corrected chi connectivity index (χ3v) is 5.69.